The van der Waals surface area contributed by atoms with Crippen molar-refractivity contribution in [1.29, 1.82) is 0 Å². The maximum absolute atomic E-state index is 12.3. The average Bonchev–Trinajstić information content (AvgIpc) is 2.71. The normalized spacial score (nSPS) is 10.5. The summed E-state index contributed by atoms with van der Waals surface area (Å²) in [7, 11) is 1.65. The van der Waals surface area contributed by atoms with Gasteiger partial charge in [-0.25, -0.2) is 0 Å². The Balaban J connectivity index is 2.36. The Kier molecular flexibility index (Phi) is 3.61. The van der Waals surface area contributed by atoms with Crippen LogP contribution in [-0.4, -0.2) is 23.2 Å². The smallest absolute Gasteiger partial charge is 0.258 e. The molecular formula is C13H13BrN2O3. The number of benzene rings is 1. The van der Waals surface area contributed by atoms with Crippen LogP contribution in [0.3, 0.4) is 0 Å². The first kappa shape index (κ1) is 13.6. The Morgan fingerprint density at radius 3 is 2.63 bits per heavy atom. The lowest BCUT2D eigenvalue weighted by Gasteiger charge is -2.16. The van der Waals surface area contributed by atoms with Gasteiger partial charge in [0.05, 0.1) is 4.47 Å². The van der Waals surface area contributed by atoms with Crippen LogP contribution >= 0.6 is 15.9 Å². The molecule has 6 heteroatoms. The number of aryl methyl sites for hydroxylation is 2. The van der Waals surface area contributed by atoms with E-state index in [0.717, 1.165) is 0 Å². The first-order chi connectivity index (χ1) is 8.91. The van der Waals surface area contributed by atoms with Crippen molar-refractivity contribution >= 4 is 27.5 Å². The molecule has 0 atom stereocenters. The Morgan fingerprint density at radius 2 is 2.11 bits per heavy atom. The molecule has 0 bridgehead atoms. The minimum absolute atomic E-state index is 0.0259. The second-order valence-electron chi connectivity index (χ2n) is 4.20. The van der Waals surface area contributed by atoms with Crippen molar-refractivity contribution in [2.45, 2.75) is 13.8 Å². The van der Waals surface area contributed by atoms with E-state index in [9.17, 15) is 9.90 Å². The van der Waals surface area contributed by atoms with Crippen molar-refractivity contribution in [3.8, 4) is 5.75 Å². The summed E-state index contributed by atoms with van der Waals surface area (Å²) in [4.78, 5) is 13.8. The lowest BCUT2D eigenvalue weighted by molar-refractivity contribution is 0.0992. The van der Waals surface area contributed by atoms with Gasteiger partial charge in [-0.05, 0) is 48.0 Å². The number of nitrogens with zero attached hydrogens (tertiary/aromatic N) is 2. The highest BCUT2D eigenvalue weighted by atomic mass is 79.9. The van der Waals surface area contributed by atoms with Gasteiger partial charge >= 0.3 is 0 Å². The fourth-order valence-corrected chi connectivity index (χ4v) is 2.14. The molecule has 0 aliphatic heterocycles. The predicted octanol–water partition coefficient (Wildman–Crippen LogP) is 3.04. The summed E-state index contributed by atoms with van der Waals surface area (Å²) in [5.41, 5.74) is 1.69. The number of carbonyl (C=O) groups excluding carboxylic acids is 1. The van der Waals surface area contributed by atoms with E-state index in [-0.39, 0.29) is 11.7 Å². The Bertz CT molecular complexity index is 617. The molecule has 100 valence electrons. The quantitative estimate of drug-likeness (QED) is 0.922. The third-order valence-electron chi connectivity index (χ3n) is 2.83. The summed E-state index contributed by atoms with van der Waals surface area (Å²) in [5, 5.41) is 13.4. The van der Waals surface area contributed by atoms with E-state index in [0.29, 0.717) is 27.2 Å². The molecule has 0 radical (unpaired) electrons. The second-order valence-corrected chi connectivity index (χ2v) is 5.06. The standard InChI is InChI=1S/C13H13BrN2O3/c1-7-12(8(2)19-15-7)16(3)13(18)9-4-5-10(14)11(17)6-9/h4-6,17H,1-3H3. The third kappa shape index (κ3) is 2.49. The number of rotatable bonds is 2. The molecular weight excluding hydrogens is 312 g/mol. The SMILES string of the molecule is Cc1noc(C)c1N(C)C(=O)c1ccc(Br)c(O)c1. The third-order valence-corrected chi connectivity index (χ3v) is 3.50. The van der Waals surface area contributed by atoms with Crippen LogP contribution in [0.1, 0.15) is 21.8 Å². The van der Waals surface area contributed by atoms with Crippen molar-refractivity contribution in [1.82, 2.24) is 5.16 Å². The van der Waals surface area contributed by atoms with Crippen molar-refractivity contribution in [2.24, 2.45) is 0 Å². The molecule has 2 rings (SSSR count). The van der Waals surface area contributed by atoms with Crippen LogP contribution in [0.4, 0.5) is 5.69 Å². The number of aromatic nitrogens is 1. The van der Waals surface area contributed by atoms with Crippen LogP contribution in [-0.2, 0) is 0 Å². The van der Waals surface area contributed by atoms with Crippen molar-refractivity contribution in [3.05, 3.63) is 39.7 Å². The van der Waals surface area contributed by atoms with Gasteiger partial charge in [-0.1, -0.05) is 5.16 Å². The van der Waals surface area contributed by atoms with Crippen LogP contribution in [0, 0.1) is 13.8 Å². The number of anilines is 1. The van der Waals surface area contributed by atoms with Gasteiger partial charge in [0.1, 0.15) is 17.1 Å². The summed E-state index contributed by atoms with van der Waals surface area (Å²) < 4.78 is 5.59. The molecule has 0 aliphatic rings. The van der Waals surface area contributed by atoms with Gasteiger partial charge in [0.2, 0.25) is 0 Å². The molecule has 5 nitrogen and oxygen atoms in total. The maximum Gasteiger partial charge on any atom is 0.258 e. The monoisotopic (exact) mass is 324 g/mol. The van der Waals surface area contributed by atoms with Gasteiger partial charge in [-0.3, -0.25) is 4.79 Å². The van der Waals surface area contributed by atoms with E-state index in [4.69, 9.17) is 4.52 Å². The highest BCUT2D eigenvalue weighted by Gasteiger charge is 2.21. The van der Waals surface area contributed by atoms with Gasteiger partial charge in [0.25, 0.3) is 5.91 Å². The zero-order chi connectivity index (χ0) is 14.2. The summed E-state index contributed by atoms with van der Waals surface area (Å²) in [6, 6.07) is 4.69. The molecule has 19 heavy (non-hydrogen) atoms. The Morgan fingerprint density at radius 1 is 1.42 bits per heavy atom. The van der Waals surface area contributed by atoms with E-state index in [1.54, 1.807) is 33.0 Å². The average molecular weight is 325 g/mol. The Labute approximate surface area is 118 Å². The summed E-state index contributed by atoms with van der Waals surface area (Å²) in [6.07, 6.45) is 0. The van der Waals surface area contributed by atoms with Crippen LogP contribution in [0.15, 0.2) is 27.2 Å². The predicted molar refractivity (Wildman–Crippen MR) is 74.5 cm³/mol. The van der Waals surface area contributed by atoms with Crippen LogP contribution in [0.2, 0.25) is 0 Å². The number of phenols is 1. The number of phenolic OH excluding ortho intramolecular Hbond substituents is 1. The number of hydrogen-bond acceptors (Lipinski definition) is 4. The van der Waals surface area contributed by atoms with Crippen LogP contribution in [0.5, 0.6) is 5.75 Å². The lowest BCUT2D eigenvalue weighted by atomic mass is 10.1. The van der Waals surface area contributed by atoms with Crippen LogP contribution < -0.4 is 4.90 Å². The zero-order valence-corrected chi connectivity index (χ0v) is 12.4. The van der Waals surface area contributed by atoms with E-state index < -0.39 is 0 Å². The van der Waals surface area contributed by atoms with Gasteiger partial charge in [0.15, 0.2) is 5.76 Å². The van der Waals surface area contributed by atoms with Gasteiger partial charge in [-0.2, -0.15) is 0 Å². The molecule has 0 saturated carbocycles. The summed E-state index contributed by atoms with van der Waals surface area (Å²) in [5.74, 6) is 0.366. The molecule has 1 aromatic carbocycles. The highest BCUT2D eigenvalue weighted by molar-refractivity contribution is 9.10. The molecule has 1 aromatic heterocycles. The molecule has 0 aliphatic carbocycles. The molecule has 1 heterocycles. The topological polar surface area (TPSA) is 66.6 Å². The number of hydrogen-bond donors (Lipinski definition) is 1. The fraction of sp³-hybridized carbons (Fsp3) is 0.231. The molecule has 1 amide bonds. The maximum atomic E-state index is 12.3. The van der Waals surface area contributed by atoms with Crippen molar-refractivity contribution < 1.29 is 14.4 Å². The number of halogens is 1. The lowest BCUT2D eigenvalue weighted by Crippen LogP contribution is -2.27. The zero-order valence-electron chi connectivity index (χ0n) is 10.8. The van der Waals surface area contributed by atoms with Crippen LogP contribution in [0.25, 0.3) is 0 Å². The van der Waals surface area contributed by atoms with E-state index in [2.05, 4.69) is 21.1 Å². The molecule has 1 N–H and O–H groups in total. The number of amides is 1. The van der Waals surface area contributed by atoms with E-state index in [1.165, 1.54) is 11.0 Å². The fourth-order valence-electron chi connectivity index (χ4n) is 1.90. The van der Waals surface area contributed by atoms with E-state index in [1.807, 2.05) is 0 Å². The molecule has 0 fully saturated rings. The minimum atomic E-state index is -0.239. The minimum Gasteiger partial charge on any atom is -0.507 e. The molecule has 2 aromatic rings. The van der Waals surface area contributed by atoms with Gasteiger partial charge in [-0.15, -0.1) is 0 Å². The van der Waals surface area contributed by atoms with Gasteiger partial charge < -0.3 is 14.5 Å². The van der Waals surface area contributed by atoms with Crippen molar-refractivity contribution in [2.75, 3.05) is 11.9 Å². The van der Waals surface area contributed by atoms with E-state index >= 15 is 0 Å². The van der Waals surface area contributed by atoms with Crippen molar-refractivity contribution in [3.63, 3.8) is 0 Å². The first-order valence-electron chi connectivity index (χ1n) is 5.61. The highest BCUT2D eigenvalue weighted by Crippen LogP contribution is 2.27. The number of carbonyl (C=O) groups is 1. The largest absolute Gasteiger partial charge is 0.507 e. The Hall–Kier alpha value is -1.82. The first-order valence-corrected chi connectivity index (χ1v) is 6.40. The summed E-state index contributed by atoms with van der Waals surface area (Å²) >= 11 is 3.18. The second kappa shape index (κ2) is 5.05. The molecule has 0 spiro atoms. The van der Waals surface area contributed by atoms with Gasteiger partial charge in [0, 0.05) is 12.6 Å². The molecule has 0 unspecified atom stereocenters. The summed E-state index contributed by atoms with van der Waals surface area (Å²) in [6.45, 7) is 3.52. The molecule has 0 saturated heterocycles. The number of aromatic hydroxyl groups is 1.